The normalized spacial score (nSPS) is 21.8. The predicted octanol–water partition coefficient (Wildman–Crippen LogP) is 2.93. The number of carbonyl (C=O) groups excluding carboxylic acids is 2. The van der Waals surface area contributed by atoms with Gasteiger partial charge in [0.1, 0.15) is 0 Å². The van der Waals surface area contributed by atoms with Crippen LogP contribution >= 0.6 is 0 Å². The molecule has 0 aliphatic carbocycles. The molecule has 3 N–H and O–H groups in total. The maximum atomic E-state index is 12.7. The number of nitrogens with zero attached hydrogens (tertiary/aromatic N) is 2. The van der Waals surface area contributed by atoms with Crippen LogP contribution in [0.1, 0.15) is 37.3 Å². The van der Waals surface area contributed by atoms with Crippen LogP contribution in [0.25, 0.3) is 0 Å². The van der Waals surface area contributed by atoms with Gasteiger partial charge in [0.05, 0.1) is 11.4 Å². The molecule has 160 valence electrons. The summed E-state index contributed by atoms with van der Waals surface area (Å²) in [6, 6.07) is 14.7. The zero-order chi connectivity index (χ0) is 22.0. The van der Waals surface area contributed by atoms with Crippen LogP contribution in [0, 0.1) is 5.92 Å². The van der Waals surface area contributed by atoms with Gasteiger partial charge >= 0.3 is 0 Å². The summed E-state index contributed by atoms with van der Waals surface area (Å²) < 4.78 is 0. The van der Waals surface area contributed by atoms with Crippen LogP contribution in [-0.2, 0) is 15.2 Å². The number of fused-ring (bicyclic) bond motifs is 1. The maximum Gasteiger partial charge on any atom is 0.261 e. The molecule has 2 amide bonds. The largest absolute Gasteiger partial charge is 0.396 e. The number of carbonyl (C=O) groups is 2. The van der Waals surface area contributed by atoms with E-state index >= 15 is 0 Å². The second kappa shape index (κ2) is 8.45. The third kappa shape index (κ3) is 3.78. The molecule has 0 aromatic heterocycles. The van der Waals surface area contributed by atoms with E-state index in [1.54, 1.807) is 37.3 Å². The van der Waals surface area contributed by atoms with Gasteiger partial charge in [0.25, 0.3) is 5.91 Å². The molecule has 4 rings (SSSR count). The summed E-state index contributed by atoms with van der Waals surface area (Å²) in [5.41, 5.74) is 1.41. The van der Waals surface area contributed by atoms with Crippen LogP contribution in [0.3, 0.4) is 0 Å². The number of benzene rings is 2. The Morgan fingerprint density at radius 3 is 2.71 bits per heavy atom. The molecule has 2 aliphatic rings. The molecule has 2 aliphatic heterocycles. The number of aliphatic hydroxyl groups is 2. The van der Waals surface area contributed by atoms with Crippen LogP contribution in [0.5, 0.6) is 0 Å². The zero-order valence-corrected chi connectivity index (χ0v) is 17.3. The molecule has 0 saturated heterocycles. The average Bonchev–Trinajstić information content (AvgIpc) is 3.05. The highest BCUT2D eigenvalue weighted by Gasteiger charge is 2.49. The minimum atomic E-state index is -1.78. The van der Waals surface area contributed by atoms with E-state index in [1.807, 2.05) is 30.3 Å². The Morgan fingerprint density at radius 2 is 1.97 bits per heavy atom. The first-order valence-corrected chi connectivity index (χ1v) is 10.4. The third-order valence-corrected chi connectivity index (χ3v) is 5.77. The second-order valence-corrected chi connectivity index (χ2v) is 7.80. The van der Waals surface area contributed by atoms with E-state index in [1.165, 1.54) is 5.01 Å². The van der Waals surface area contributed by atoms with Crippen molar-refractivity contribution in [3.8, 4) is 0 Å². The lowest BCUT2D eigenvalue weighted by molar-refractivity contribution is -0.137. The summed E-state index contributed by atoms with van der Waals surface area (Å²) in [6.45, 7) is 1.74. The summed E-state index contributed by atoms with van der Waals surface area (Å²) in [7, 11) is 0. The molecule has 2 aromatic rings. The van der Waals surface area contributed by atoms with Crippen LogP contribution in [0.15, 0.2) is 65.8 Å². The highest BCUT2D eigenvalue weighted by molar-refractivity contribution is 6.09. The minimum absolute atomic E-state index is 0.00654. The van der Waals surface area contributed by atoms with E-state index in [4.69, 9.17) is 5.11 Å². The smallest absolute Gasteiger partial charge is 0.261 e. The number of rotatable bonds is 6. The Labute approximate surface area is 180 Å². The molecule has 2 aromatic carbocycles. The third-order valence-electron chi connectivity index (χ3n) is 5.77. The lowest BCUT2D eigenvalue weighted by atomic mass is 9.82. The van der Waals surface area contributed by atoms with E-state index in [0.717, 1.165) is 11.3 Å². The summed E-state index contributed by atoms with van der Waals surface area (Å²) in [6.07, 6.45) is 4.78. The van der Waals surface area contributed by atoms with Crippen molar-refractivity contribution >= 4 is 28.9 Å². The molecule has 0 bridgehead atoms. The van der Waals surface area contributed by atoms with Crippen molar-refractivity contribution in [2.45, 2.75) is 31.8 Å². The summed E-state index contributed by atoms with van der Waals surface area (Å²) in [4.78, 5) is 25.3. The maximum absolute atomic E-state index is 12.7. The monoisotopic (exact) mass is 419 g/mol. The van der Waals surface area contributed by atoms with E-state index in [0.29, 0.717) is 36.2 Å². The van der Waals surface area contributed by atoms with Crippen molar-refractivity contribution < 1.29 is 19.8 Å². The molecule has 0 radical (unpaired) electrons. The van der Waals surface area contributed by atoms with Crippen LogP contribution < -0.4 is 10.3 Å². The van der Waals surface area contributed by atoms with Crippen molar-refractivity contribution in [2.24, 2.45) is 11.0 Å². The van der Waals surface area contributed by atoms with Crippen molar-refractivity contribution in [1.29, 1.82) is 0 Å². The number of hydrogen-bond acceptors (Lipinski definition) is 5. The standard InChI is InChI=1S/C24H25N3O4/c1-16(7-5-6-14-28)24(31)19-15-18(10-11-21(19)25-23(24)30)27-22(29)13-12-20(26-27)17-8-3-2-4-9-17/h2-5,7-11,15-16,28,31H,6,12-14H2,1H3,(H,25,30)/b7-5+/t16-,24+/m0/s1. The van der Waals surface area contributed by atoms with Gasteiger partial charge in [-0.3, -0.25) is 9.59 Å². The number of aliphatic hydroxyl groups excluding tert-OH is 1. The Hall–Kier alpha value is -3.29. The molecule has 0 unspecified atom stereocenters. The minimum Gasteiger partial charge on any atom is -0.396 e. The number of hydrazone groups is 1. The molecule has 7 nitrogen and oxygen atoms in total. The molecule has 0 saturated carbocycles. The van der Waals surface area contributed by atoms with E-state index in [9.17, 15) is 14.7 Å². The Kier molecular flexibility index (Phi) is 5.71. The number of amides is 2. The Morgan fingerprint density at radius 1 is 1.19 bits per heavy atom. The molecule has 2 heterocycles. The van der Waals surface area contributed by atoms with Gasteiger partial charge < -0.3 is 15.5 Å². The van der Waals surface area contributed by atoms with E-state index < -0.39 is 17.4 Å². The molecule has 0 fully saturated rings. The van der Waals surface area contributed by atoms with Gasteiger partial charge in [0, 0.05) is 36.6 Å². The Balaban J connectivity index is 1.71. The van der Waals surface area contributed by atoms with Gasteiger partial charge in [0.15, 0.2) is 5.60 Å². The number of nitrogens with one attached hydrogen (secondary N) is 1. The summed E-state index contributed by atoms with van der Waals surface area (Å²) in [5.74, 6) is -1.19. The average molecular weight is 419 g/mol. The molecule has 31 heavy (non-hydrogen) atoms. The van der Waals surface area contributed by atoms with Crippen molar-refractivity contribution in [3.63, 3.8) is 0 Å². The summed E-state index contributed by atoms with van der Waals surface area (Å²) in [5, 5.41) is 29.0. The SMILES string of the molecule is C[C@@H](/C=C/CCO)[C@]1(O)C(=O)Nc2ccc(N3N=C(c4ccccc4)CCC3=O)cc21. The Bertz CT molecular complexity index is 1060. The van der Waals surface area contributed by atoms with Crippen molar-refractivity contribution in [1.82, 2.24) is 0 Å². The molecule has 0 spiro atoms. The highest BCUT2D eigenvalue weighted by atomic mass is 16.3. The number of hydrogen-bond donors (Lipinski definition) is 3. The fraction of sp³-hybridized carbons (Fsp3) is 0.292. The zero-order valence-electron chi connectivity index (χ0n) is 17.3. The lowest BCUT2D eigenvalue weighted by Crippen LogP contribution is -2.40. The number of anilines is 2. The van der Waals surface area contributed by atoms with Gasteiger partial charge in [-0.2, -0.15) is 5.10 Å². The lowest BCUT2D eigenvalue weighted by Gasteiger charge is -2.28. The first-order chi connectivity index (χ1) is 14.9. The van der Waals surface area contributed by atoms with E-state index in [-0.39, 0.29) is 12.5 Å². The predicted molar refractivity (Wildman–Crippen MR) is 119 cm³/mol. The van der Waals surface area contributed by atoms with Crippen LogP contribution in [0.2, 0.25) is 0 Å². The van der Waals surface area contributed by atoms with Crippen LogP contribution in [-0.4, -0.2) is 34.3 Å². The highest BCUT2D eigenvalue weighted by Crippen LogP contribution is 2.43. The van der Waals surface area contributed by atoms with Crippen molar-refractivity contribution in [3.05, 3.63) is 71.8 Å². The topological polar surface area (TPSA) is 102 Å². The van der Waals surface area contributed by atoms with Gasteiger partial charge in [0.2, 0.25) is 5.91 Å². The molecular weight excluding hydrogens is 394 g/mol. The van der Waals surface area contributed by atoms with Gasteiger partial charge in [-0.1, -0.05) is 49.4 Å². The van der Waals surface area contributed by atoms with E-state index in [2.05, 4.69) is 10.4 Å². The quantitative estimate of drug-likeness (QED) is 0.627. The van der Waals surface area contributed by atoms with Crippen molar-refractivity contribution in [2.75, 3.05) is 16.9 Å². The molecule has 2 atom stereocenters. The first kappa shape index (κ1) is 21.0. The van der Waals surface area contributed by atoms with Crippen LogP contribution in [0.4, 0.5) is 11.4 Å². The fourth-order valence-electron chi connectivity index (χ4n) is 3.99. The van der Waals surface area contributed by atoms with Gasteiger partial charge in [-0.05, 0) is 30.2 Å². The second-order valence-electron chi connectivity index (χ2n) is 7.80. The summed E-state index contributed by atoms with van der Waals surface area (Å²) >= 11 is 0. The molecular formula is C24H25N3O4. The van der Waals surface area contributed by atoms with Gasteiger partial charge in [-0.25, -0.2) is 5.01 Å². The first-order valence-electron chi connectivity index (χ1n) is 10.4. The van der Waals surface area contributed by atoms with Gasteiger partial charge in [-0.15, -0.1) is 0 Å². The fourth-order valence-corrected chi connectivity index (χ4v) is 3.99. The molecule has 7 heteroatoms.